The van der Waals surface area contributed by atoms with Crippen LogP contribution in [0.25, 0.3) is 11.2 Å². The second-order valence-corrected chi connectivity index (χ2v) is 6.99. The third kappa shape index (κ3) is 2.95. The Hall–Kier alpha value is -3.14. The van der Waals surface area contributed by atoms with Crippen LogP contribution in [-0.2, 0) is 25.4 Å². The van der Waals surface area contributed by atoms with E-state index in [4.69, 9.17) is 16.3 Å². The predicted molar refractivity (Wildman–Crippen MR) is 100 cm³/mol. The molecule has 1 saturated heterocycles. The minimum atomic E-state index is -0.488. The molecular formula is C17H17ClN6O4. The quantitative estimate of drug-likeness (QED) is 0.595. The molecule has 1 aliphatic heterocycles. The largest absolute Gasteiger partial charge is 0.470 e. The van der Waals surface area contributed by atoms with Gasteiger partial charge < -0.3 is 14.2 Å². The summed E-state index contributed by atoms with van der Waals surface area (Å²) in [5, 5.41) is 0.415. The topological polar surface area (TPSA) is 104 Å². The summed E-state index contributed by atoms with van der Waals surface area (Å²) in [6.45, 7) is 0.741. The highest BCUT2D eigenvalue weighted by Crippen LogP contribution is 2.24. The van der Waals surface area contributed by atoms with E-state index >= 15 is 0 Å². The van der Waals surface area contributed by atoms with E-state index in [1.165, 1.54) is 29.6 Å². The molecule has 146 valence electrons. The molecule has 3 aromatic heterocycles. The summed E-state index contributed by atoms with van der Waals surface area (Å²) < 4.78 is 9.42. The number of rotatable bonds is 4. The third-order valence-corrected chi connectivity index (χ3v) is 5.01. The smallest absolute Gasteiger partial charge is 0.332 e. The van der Waals surface area contributed by atoms with Gasteiger partial charge in [0.05, 0.1) is 19.4 Å². The summed E-state index contributed by atoms with van der Waals surface area (Å²) in [6.07, 6.45) is 2.79. The Kier molecular flexibility index (Phi) is 4.42. The van der Waals surface area contributed by atoms with Crippen LogP contribution in [0.5, 0.6) is 5.88 Å². The summed E-state index contributed by atoms with van der Waals surface area (Å²) in [7, 11) is 2.92. The van der Waals surface area contributed by atoms with Crippen LogP contribution in [0.4, 0.5) is 0 Å². The molecule has 0 aliphatic carbocycles. The zero-order chi connectivity index (χ0) is 20.0. The number of likely N-dealkylation sites (tertiary alicyclic amines) is 1. The zero-order valence-electron chi connectivity index (χ0n) is 15.2. The van der Waals surface area contributed by atoms with Crippen LogP contribution < -0.4 is 16.0 Å². The van der Waals surface area contributed by atoms with Crippen molar-refractivity contribution >= 4 is 28.7 Å². The summed E-state index contributed by atoms with van der Waals surface area (Å²) in [5.74, 6) is 0.161. The lowest BCUT2D eigenvalue weighted by molar-refractivity contribution is -0.140. The number of hydrogen-bond acceptors (Lipinski definition) is 6. The summed E-state index contributed by atoms with van der Waals surface area (Å²) >= 11 is 6.02. The van der Waals surface area contributed by atoms with Gasteiger partial charge in [-0.2, -0.15) is 0 Å². The molecule has 0 bridgehead atoms. The van der Waals surface area contributed by atoms with Crippen molar-refractivity contribution < 1.29 is 9.53 Å². The Balaban J connectivity index is 1.46. The van der Waals surface area contributed by atoms with Crippen molar-refractivity contribution in [3.8, 4) is 5.88 Å². The molecule has 0 spiro atoms. The number of carbonyl (C=O) groups is 1. The highest BCUT2D eigenvalue weighted by Gasteiger charge is 2.33. The number of amides is 1. The summed E-state index contributed by atoms with van der Waals surface area (Å²) in [6, 6.07) is 3.39. The first kappa shape index (κ1) is 18.2. The number of aryl methyl sites for hydroxylation is 1. The predicted octanol–water partition coefficient (Wildman–Crippen LogP) is -0.228. The van der Waals surface area contributed by atoms with Gasteiger partial charge in [-0.1, -0.05) is 11.6 Å². The SMILES string of the molecule is Cn1c(=O)c2c(ncn2CC(=O)N2CC(Oc3ncccc3Cl)C2)n(C)c1=O. The molecule has 1 amide bonds. The molecule has 0 radical (unpaired) electrons. The van der Waals surface area contributed by atoms with Crippen LogP contribution in [0.1, 0.15) is 0 Å². The number of imidazole rings is 1. The average Bonchev–Trinajstić information content (AvgIpc) is 3.05. The lowest BCUT2D eigenvalue weighted by atomic mass is 10.1. The van der Waals surface area contributed by atoms with E-state index in [1.807, 2.05) is 0 Å². The number of pyridine rings is 1. The Morgan fingerprint density at radius 1 is 1.25 bits per heavy atom. The van der Waals surface area contributed by atoms with Gasteiger partial charge in [0.25, 0.3) is 5.56 Å². The van der Waals surface area contributed by atoms with Crippen molar-refractivity contribution in [1.29, 1.82) is 0 Å². The van der Waals surface area contributed by atoms with Crippen molar-refractivity contribution in [2.45, 2.75) is 12.6 Å². The Morgan fingerprint density at radius 3 is 2.71 bits per heavy atom. The molecule has 4 rings (SSSR count). The number of nitrogens with zero attached hydrogens (tertiary/aromatic N) is 6. The van der Waals surface area contributed by atoms with Gasteiger partial charge in [-0.05, 0) is 12.1 Å². The van der Waals surface area contributed by atoms with Gasteiger partial charge in [-0.25, -0.2) is 14.8 Å². The number of ether oxygens (including phenoxy) is 1. The third-order valence-electron chi connectivity index (χ3n) is 4.73. The number of hydrogen-bond donors (Lipinski definition) is 0. The molecule has 0 unspecified atom stereocenters. The van der Waals surface area contributed by atoms with Crippen LogP contribution >= 0.6 is 11.6 Å². The Morgan fingerprint density at radius 2 is 2.00 bits per heavy atom. The normalized spacial score (nSPS) is 14.3. The molecule has 3 aromatic rings. The summed E-state index contributed by atoms with van der Waals surface area (Å²) in [5.41, 5.74) is -0.495. The van der Waals surface area contributed by atoms with Crippen molar-refractivity contribution in [2.24, 2.45) is 14.1 Å². The molecular weight excluding hydrogens is 388 g/mol. The van der Waals surface area contributed by atoms with Gasteiger partial charge in [-0.3, -0.25) is 18.7 Å². The summed E-state index contributed by atoms with van der Waals surface area (Å²) in [4.78, 5) is 46.7. The highest BCUT2D eigenvalue weighted by atomic mass is 35.5. The van der Waals surface area contributed by atoms with E-state index in [-0.39, 0.29) is 29.7 Å². The first-order chi connectivity index (χ1) is 13.4. The number of carbonyl (C=O) groups excluding carboxylic acids is 1. The van der Waals surface area contributed by atoms with Crippen LogP contribution in [0, 0.1) is 0 Å². The highest BCUT2D eigenvalue weighted by molar-refractivity contribution is 6.31. The van der Waals surface area contributed by atoms with Crippen molar-refractivity contribution in [3.63, 3.8) is 0 Å². The molecule has 1 aliphatic rings. The Labute approximate surface area is 163 Å². The van der Waals surface area contributed by atoms with E-state index in [9.17, 15) is 14.4 Å². The van der Waals surface area contributed by atoms with Crippen LogP contribution in [-0.4, -0.2) is 53.7 Å². The fourth-order valence-corrected chi connectivity index (χ4v) is 3.26. The van der Waals surface area contributed by atoms with Gasteiger partial charge in [-0.15, -0.1) is 0 Å². The van der Waals surface area contributed by atoms with Gasteiger partial charge in [0.2, 0.25) is 11.8 Å². The molecule has 10 nitrogen and oxygen atoms in total. The lowest BCUT2D eigenvalue weighted by Gasteiger charge is -2.38. The molecule has 0 saturated carbocycles. The monoisotopic (exact) mass is 404 g/mol. The molecule has 4 heterocycles. The van der Waals surface area contributed by atoms with Gasteiger partial charge in [0.15, 0.2) is 11.2 Å². The van der Waals surface area contributed by atoms with E-state index < -0.39 is 11.2 Å². The second kappa shape index (κ2) is 6.79. The van der Waals surface area contributed by atoms with Crippen LogP contribution in [0.2, 0.25) is 5.02 Å². The van der Waals surface area contributed by atoms with Crippen molar-refractivity contribution in [2.75, 3.05) is 13.1 Å². The van der Waals surface area contributed by atoms with E-state index in [0.29, 0.717) is 24.0 Å². The van der Waals surface area contributed by atoms with Crippen molar-refractivity contribution in [3.05, 3.63) is 50.5 Å². The molecule has 0 aromatic carbocycles. The molecule has 1 fully saturated rings. The maximum absolute atomic E-state index is 12.6. The molecule has 0 N–H and O–H groups in total. The first-order valence-electron chi connectivity index (χ1n) is 8.52. The molecule has 0 atom stereocenters. The zero-order valence-corrected chi connectivity index (χ0v) is 16.0. The maximum Gasteiger partial charge on any atom is 0.332 e. The average molecular weight is 405 g/mol. The maximum atomic E-state index is 12.6. The van der Waals surface area contributed by atoms with Gasteiger partial charge in [0, 0.05) is 20.3 Å². The minimum Gasteiger partial charge on any atom is -0.470 e. The number of aromatic nitrogens is 5. The number of fused-ring (bicyclic) bond motifs is 1. The van der Waals surface area contributed by atoms with Crippen molar-refractivity contribution in [1.82, 2.24) is 28.6 Å². The lowest BCUT2D eigenvalue weighted by Crippen LogP contribution is -2.57. The fraction of sp³-hybridized carbons (Fsp3) is 0.353. The van der Waals surface area contributed by atoms with Gasteiger partial charge >= 0.3 is 5.69 Å². The minimum absolute atomic E-state index is 0.0546. The first-order valence-corrected chi connectivity index (χ1v) is 8.90. The van der Waals surface area contributed by atoms with Gasteiger partial charge in [0.1, 0.15) is 17.7 Å². The second-order valence-electron chi connectivity index (χ2n) is 6.58. The Bertz CT molecular complexity index is 1190. The van der Waals surface area contributed by atoms with E-state index in [0.717, 1.165) is 4.57 Å². The molecule has 28 heavy (non-hydrogen) atoms. The van der Waals surface area contributed by atoms with E-state index in [1.54, 1.807) is 23.2 Å². The van der Waals surface area contributed by atoms with Crippen LogP contribution in [0.15, 0.2) is 34.2 Å². The standard InChI is InChI=1S/C17H17ClN6O4/c1-21-14-13(16(26)22(2)17(21)27)24(9-20-14)8-12(25)23-6-10(7-23)28-15-11(18)4-3-5-19-15/h3-5,9-10H,6-8H2,1-2H3. The van der Waals surface area contributed by atoms with E-state index in [2.05, 4.69) is 9.97 Å². The van der Waals surface area contributed by atoms with Crippen LogP contribution in [0.3, 0.4) is 0 Å². The number of halogens is 1. The molecule has 11 heteroatoms. The fourth-order valence-electron chi connectivity index (χ4n) is 3.09.